The second-order valence-corrected chi connectivity index (χ2v) is 7.80. The van der Waals surface area contributed by atoms with E-state index in [0.717, 1.165) is 16.9 Å². The Hall–Kier alpha value is -2.05. The minimum absolute atomic E-state index is 0.248. The van der Waals surface area contributed by atoms with Gasteiger partial charge in [-0.15, -0.1) is 0 Å². The van der Waals surface area contributed by atoms with Gasteiger partial charge in [0.05, 0.1) is 18.0 Å². The van der Waals surface area contributed by atoms with Crippen molar-refractivity contribution in [3.8, 4) is 11.5 Å². The zero-order valence-corrected chi connectivity index (χ0v) is 16.1. The zero-order chi connectivity index (χ0) is 18.6. The van der Waals surface area contributed by atoms with E-state index in [2.05, 4.69) is 4.72 Å². The van der Waals surface area contributed by atoms with E-state index < -0.39 is 10.0 Å². The molecule has 0 fully saturated rings. The fourth-order valence-electron chi connectivity index (χ4n) is 2.58. The molecule has 0 aromatic heterocycles. The number of nitrogens with one attached hydrogen (secondary N) is 1. The van der Waals surface area contributed by atoms with Crippen molar-refractivity contribution < 1.29 is 17.9 Å². The molecule has 0 amide bonds. The van der Waals surface area contributed by atoms with Gasteiger partial charge in [-0.2, -0.15) is 0 Å². The molecule has 0 heterocycles. The van der Waals surface area contributed by atoms with Crippen molar-refractivity contribution in [3.05, 3.63) is 53.1 Å². The molecule has 25 heavy (non-hydrogen) atoms. The second-order valence-electron chi connectivity index (χ2n) is 6.11. The molecule has 1 atom stereocenters. The smallest absolute Gasteiger partial charge is 0.241 e. The molecule has 5 nitrogen and oxygen atoms in total. The molecule has 6 heteroatoms. The lowest BCUT2D eigenvalue weighted by Crippen LogP contribution is -2.37. The molecule has 2 aromatic rings. The molecule has 1 N–H and O–H groups in total. The van der Waals surface area contributed by atoms with Crippen LogP contribution in [0.25, 0.3) is 0 Å². The van der Waals surface area contributed by atoms with Crippen LogP contribution in [0.5, 0.6) is 11.5 Å². The highest BCUT2D eigenvalue weighted by atomic mass is 32.2. The Morgan fingerprint density at radius 1 is 1.00 bits per heavy atom. The summed E-state index contributed by atoms with van der Waals surface area (Å²) in [4.78, 5) is 0.258. The molecule has 0 saturated carbocycles. The monoisotopic (exact) mass is 363 g/mol. The Morgan fingerprint density at radius 3 is 2.32 bits per heavy atom. The number of benzene rings is 2. The van der Waals surface area contributed by atoms with Crippen LogP contribution in [0.4, 0.5) is 0 Å². The highest BCUT2D eigenvalue weighted by Gasteiger charge is 2.22. The van der Waals surface area contributed by atoms with E-state index in [9.17, 15) is 8.42 Å². The Labute approximate surface area is 150 Å². The normalized spacial score (nSPS) is 12.7. The maximum absolute atomic E-state index is 12.7. The van der Waals surface area contributed by atoms with E-state index >= 15 is 0 Å². The largest absolute Gasteiger partial charge is 0.496 e. The molecule has 2 rings (SSSR count). The van der Waals surface area contributed by atoms with Crippen molar-refractivity contribution in [2.45, 2.75) is 38.6 Å². The molecule has 136 valence electrons. The Morgan fingerprint density at radius 2 is 1.68 bits per heavy atom. The third-order valence-electron chi connectivity index (χ3n) is 4.14. The minimum atomic E-state index is -3.64. The second kappa shape index (κ2) is 7.89. The van der Waals surface area contributed by atoms with Gasteiger partial charge in [-0.25, -0.2) is 13.1 Å². The molecule has 0 spiro atoms. The number of sulfonamides is 1. The summed E-state index contributed by atoms with van der Waals surface area (Å²) >= 11 is 0. The number of hydrogen-bond acceptors (Lipinski definition) is 4. The van der Waals surface area contributed by atoms with Gasteiger partial charge in [-0.1, -0.05) is 18.2 Å². The number of ether oxygens (including phenoxy) is 2. The molecule has 2 aromatic carbocycles. The van der Waals surface area contributed by atoms with Crippen LogP contribution in [0, 0.1) is 20.8 Å². The highest BCUT2D eigenvalue weighted by molar-refractivity contribution is 7.89. The summed E-state index contributed by atoms with van der Waals surface area (Å²) in [6, 6.07) is 10.5. The molecule has 0 aliphatic carbocycles. The van der Waals surface area contributed by atoms with E-state index in [1.54, 1.807) is 33.1 Å². The SMILES string of the molecule is COc1ccc(S(=O)(=O)N[C@H](C)COc2ccccc2C)c(C)c1C. The first-order valence-electron chi connectivity index (χ1n) is 8.11. The van der Waals surface area contributed by atoms with Crippen molar-refractivity contribution in [2.24, 2.45) is 0 Å². The number of methoxy groups -OCH3 is 1. The predicted molar refractivity (Wildman–Crippen MR) is 98.9 cm³/mol. The summed E-state index contributed by atoms with van der Waals surface area (Å²) in [7, 11) is -2.07. The predicted octanol–water partition coefficient (Wildman–Crippen LogP) is 3.37. The Kier molecular flexibility index (Phi) is 6.08. The number of aryl methyl sites for hydroxylation is 1. The third kappa shape index (κ3) is 4.52. The molecule has 0 radical (unpaired) electrons. The van der Waals surface area contributed by atoms with Crippen LogP contribution in [0.15, 0.2) is 41.3 Å². The van der Waals surface area contributed by atoms with Gasteiger partial charge in [0.2, 0.25) is 10.0 Å². The van der Waals surface area contributed by atoms with Crippen molar-refractivity contribution in [3.63, 3.8) is 0 Å². The van der Waals surface area contributed by atoms with Crippen LogP contribution in [0.1, 0.15) is 23.6 Å². The first-order chi connectivity index (χ1) is 11.8. The molecule has 0 saturated heterocycles. The zero-order valence-electron chi connectivity index (χ0n) is 15.3. The lowest BCUT2D eigenvalue weighted by molar-refractivity contribution is 0.285. The summed E-state index contributed by atoms with van der Waals surface area (Å²) < 4.78 is 39.0. The topological polar surface area (TPSA) is 64.6 Å². The average molecular weight is 363 g/mol. The lowest BCUT2D eigenvalue weighted by atomic mass is 10.1. The van der Waals surface area contributed by atoms with Crippen LogP contribution < -0.4 is 14.2 Å². The van der Waals surface area contributed by atoms with Gasteiger partial charge < -0.3 is 9.47 Å². The van der Waals surface area contributed by atoms with Gasteiger partial charge in [-0.05, 0) is 62.6 Å². The highest BCUT2D eigenvalue weighted by Crippen LogP contribution is 2.27. The number of para-hydroxylation sites is 1. The quantitative estimate of drug-likeness (QED) is 0.819. The van der Waals surface area contributed by atoms with Gasteiger partial charge >= 0.3 is 0 Å². The van der Waals surface area contributed by atoms with Crippen LogP contribution in [0.2, 0.25) is 0 Å². The first kappa shape index (κ1) is 19.3. The molecular weight excluding hydrogens is 338 g/mol. The molecule has 0 aliphatic heterocycles. The Bertz CT molecular complexity index is 846. The van der Waals surface area contributed by atoms with Gasteiger partial charge in [0.1, 0.15) is 18.1 Å². The summed E-state index contributed by atoms with van der Waals surface area (Å²) in [6.45, 7) is 7.60. The van der Waals surface area contributed by atoms with Gasteiger partial charge in [0.25, 0.3) is 0 Å². The minimum Gasteiger partial charge on any atom is -0.496 e. The van der Waals surface area contributed by atoms with E-state index in [-0.39, 0.29) is 17.5 Å². The van der Waals surface area contributed by atoms with E-state index in [1.165, 1.54) is 0 Å². The first-order valence-corrected chi connectivity index (χ1v) is 9.59. The van der Waals surface area contributed by atoms with Crippen molar-refractivity contribution in [1.29, 1.82) is 0 Å². The van der Waals surface area contributed by atoms with Crippen LogP contribution in [-0.2, 0) is 10.0 Å². The van der Waals surface area contributed by atoms with Crippen LogP contribution >= 0.6 is 0 Å². The summed E-state index contributed by atoms with van der Waals surface area (Å²) in [5.41, 5.74) is 2.51. The molecular formula is C19H25NO4S. The van der Waals surface area contributed by atoms with E-state index in [0.29, 0.717) is 11.3 Å². The van der Waals surface area contributed by atoms with Gasteiger partial charge in [0.15, 0.2) is 0 Å². The van der Waals surface area contributed by atoms with Gasteiger partial charge in [0, 0.05) is 0 Å². The van der Waals surface area contributed by atoms with Crippen molar-refractivity contribution in [1.82, 2.24) is 4.72 Å². The molecule has 0 unspecified atom stereocenters. The fourth-order valence-corrected chi connectivity index (χ4v) is 4.11. The summed E-state index contributed by atoms with van der Waals surface area (Å²) in [5.74, 6) is 1.43. The van der Waals surface area contributed by atoms with E-state index in [4.69, 9.17) is 9.47 Å². The fraction of sp³-hybridized carbons (Fsp3) is 0.368. The van der Waals surface area contributed by atoms with Crippen molar-refractivity contribution in [2.75, 3.05) is 13.7 Å². The third-order valence-corrected chi connectivity index (χ3v) is 5.87. The van der Waals surface area contributed by atoms with E-state index in [1.807, 2.05) is 38.1 Å². The van der Waals surface area contributed by atoms with Gasteiger partial charge in [-0.3, -0.25) is 0 Å². The van der Waals surface area contributed by atoms with Crippen LogP contribution in [0.3, 0.4) is 0 Å². The average Bonchev–Trinajstić information content (AvgIpc) is 2.56. The summed E-state index contributed by atoms with van der Waals surface area (Å²) in [5, 5.41) is 0. The van der Waals surface area contributed by atoms with Crippen molar-refractivity contribution >= 4 is 10.0 Å². The maximum atomic E-state index is 12.7. The summed E-state index contributed by atoms with van der Waals surface area (Å²) in [6.07, 6.45) is 0. The number of rotatable bonds is 7. The Balaban J connectivity index is 2.10. The standard InChI is InChI=1S/C19H25NO4S/c1-13-8-6-7-9-17(13)24-12-14(2)20-25(21,22)19-11-10-18(23-5)15(3)16(19)4/h6-11,14,20H,12H2,1-5H3/t14-/m1/s1. The lowest BCUT2D eigenvalue weighted by Gasteiger charge is -2.18. The molecule has 0 bridgehead atoms. The number of hydrogen-bond donors (Lipinski definition) is 1. The maximum Gasteiger partial charge on any atom is 0.241 e. The van der Waals surface area contributed by atoms with Crippen LogP contribution in [-0.4, -0.2) is 28.2 Å². The molecule has 0 aliphatic rings.